The lowest BCUT2D eigenvalue weighted by Gasteiger charge is -2.33. The van der Waals surface area contributed by atoms with Crippen molar-refractivity contribution >= 4 is 17.2 Å². The quantitative estimate of drug-likeness (QED) is 0.653. The molecular weight excluding hydrogens is 406 g/mol. The Hall–Kier alpha value is -2.53. The second-order valence-corrected chi connectivity index (χ2v) is 8.80. The number of fused-ring (bicyclic) bond motifs is 2. The zero-order valence-corrected chi connectivity index (χ0v) is 18.2. The first-order valence-electron chi connectivity index (χ1n) is 10.9. The van der Waals surface area contributed by atoms with Crippen LogP contribution in [0.5, 0.6) is 0 Å². The van der Waals surface area contributed by atoms with Crippen LogP contribution >= 0.6 is 11.6 Å². The molecule has 1 fully saturated rings. The minimum atomic E-state index is -0.473. The molecule has 0 spiro atoms. The summed E-state index contributed by atoms with van der Waals surface area (Å²) in [6, 6.07) is 14.4. The van der Waals surface area contributed by atoms with Gasteiger partial charge in [0.2, 0.25) is 0 Å². The van der Waals surface area contributed by atoms with E-state index in [0.29, 0.717) is 6.42 Å². The highest BCUT2D eigenvalue weighted by Gasteiger charge is 2.27. The van der Waals surface area contributed by atoms with Crippen molar-refractivity contribution in [1.82, 2.24) is 14.9 Å². The molecule has 1 aliphatic heterocycles. The number of hydrogen-bond acceptors (Lipinski definition) is 4. The van der Waals surface area contributed by atoms with Crippen LogP contribution in [0, 0.1) is 0 Å². The summed E-state index contributed by atoms with van der Waals surface area (Å²) in [5.41, 5.74) is 8.80. The number of benzene rings is 1. The first-order valence-corrected chi connectivity index (χ1v) is 11.3. The summed E-state index contributed by atoms with van der Waals surface area (Å²) >= 11 is 6.33. The van der Waals surface area contributed by atoms with Crippen molar-refractivity contribution in [3.8, 4) is 0 Å². The summed E-state index contributed by atoms with van der Waals surface area (Å²) in [5.74, 6) is 0. The number of hydrogen-bond donors (Lipinski definition) is 1. The van der Waals surface area contributed by atoms with Gasteiger partial charge in [-0.1, -0.05) is 29.3 Å². The molecule has 0 saturated carbocycles. The lowest BCUT2D eigenvalue weighted by atomic mass is 9.88. The number of aliphatic hydroxyl groups is 1. The van der Waals surface area contributed by atoms with Crippen molar-refractivity contribution in [3.05, 3.63) is 99.6 Å². The fourth-order valence-electron chi connectivity index (χ4n) is 4.83. The number of nitrogens with zero attached hydrogens (tertiary/aromatic N) is 3. The molecule has 1 atom stereocenters. The first kappa shape index (κ1) is 20.4. The van der Waals surface area contributed by atoms with Gasteiger partial charge >= 0.3 is 0 Å². The maximum absolute atomic E-state index is 10.8. The molecule has 1 N–H and O–H groups in total. The van der Waals surface area contributed by atoms with E-state index in [-0.39, 0.29) is 0 Å². The number of rotatable bonds is 3. The van der Waals surface area contributed by atoms with Crippen LogP contribution in [-0.4, -0.2) is 39.3 Å². The number of halogens is 1. The number of aromatic nitrogens is 2. The summed E-state index contributed by atoms with van der Waals surface area (Å²) in [5, 5.41) is 11.6. The summed E-state index contributed by atoms with van der Waals surface area (Å²) in [6.45, 7) is 1.69. The molecule has 5 heteroatoms. The molecule has 2 aromatic heterocycles. The normalized spacial score (nSPS) is 17.6. The zero-order chi connectivity index (χ0) is 21.2. The zero-order valence-electron chi connectivity index (χ0n) is 17.5. The van der Waals surface area contributed by atoms with Gasteiger partial charge in [-0.3, -0.25) is 14.9 Å². The van der Waals surface area contributed by atoms with E-state index in [0.717, 1.165) is 55.1 Å². The highest BCUT2D eigenvalue weighted by molar-refractivity contribution is 6.30. The Morgan fingerprint density at radius 3 is 2.52 bits per heavy atom. The molecule has 1 aliphatic carbocycles. The maximum atomic E-state index is 10.8. The summed E-state index contributed by atoms with van der Waals surface area (Å²) in [6.07, 6.45) is 9.42. The number of aliphatic hydroxyl groups excluding tert-OH is 1. The minimum Gasteiger partial charge on any atom is -0.378 e. The SMILES string of the molecule is OC(Cc1ccncc1)N1CCC(=C2c3ccc(Cl)cc3CCc3cccnc32)CC1. The van der Waals surface area contributed by atoms with Crippen molar-refractivity contribution in [2.75, 3.05) is 13.1 Å². The summed E-state index contributed by atoms with van der Waals surface area (Å²) in [4.78, 5) is 11.1. The largest absolute Gasteiger partial charge is 0.378 e. The standard InChI is InChI=1S/C26H26ClN3O/c27-22-5-6-23-21(17-22)4-3-20-2-1-11-29-26(20)25(23)19-9-14-30(15-10-19)24(31)16-18-7-12-28-13-8-18/h1-2,5-8,11-13,17,24,31H,3-4,9-10,14-16H2. The molecular formula is C26H26ClN3O. The van der Waals surface area contributed by atoms with Crippen LogP contribution < -0.4 is 0 Å². The predicted octanol–water partition coefficient (Wildman–Crippen LogP) is 4.69. The van der Waals surface area contributed by atoms with E-state index in [2.05, 4.69) is 28.1 Å². The van der Waals surface area contributed by atoms with Gasteiger partial charge in [-0.25, -0.2) is 0 Å². The average molecular weight is 432 g/mol. The van der Waals surface area contributed by atoms with Crippen LogP contribution in [0.3, 0.4) is 0 Å². The van der Waals surface area contributed by atoms with Crippen molar-refractivity contribution < 1.29 is 5.11 Å². The minimum absolute atomic E-state index is 0.473. The second kappa shape index (κ2) is 8.91. The van der Waals surface area contributed by atoms with Crippen molar-refractivity contribution in [1.29, 1.82) is 0 Å². The lowest BCUT2D eigenvalue weighted by Crippen LogP contribution is -2.41. The Labute approximate surface area is 188 Å². The molecule has 0 bridgehead atoms. The van der Waals surface area contributed by atoms with E-state index in [1.807, 2.05) is 30.5 Å². The molecule has 4 nitrogen and oxygen atoms in total. The third-order valence-electron chi connectivity index (χ3n) is 6.47. The first-order chi connectivity index (χ1) is 15.2. The molecule has 158 valence electrons. The van der Waals surface area contributed by atoms with Crippen molar-refractivity contribution in [2.24, 2.45) is 0 Å². The number of pyridine rings is 2. The van der Waals surface area contributed by atoms with Crippen LogP contribution in [0.4, 0.5) is 0 Å². The lowest BCUT2D eigenvalue weighted by molar-refractivity contribution is -0.000399. The van der Waals surface area contributed by atoms with E-state index in [1.54, 1.807) is 12.4 Å². The Morgan fingerprint density at radius 2 is 1.71 bits per heavy atom. The van der Waals surface area contributed by atoms with Crippen LogP contribution in [0.1, 0.15) is 40.8 Å². The van der Waals surface area contributed by atoms with E-state index in [1.165, 1.54) is 27.8 Å². The van der Waals surface area contributed by atoms with E-state index in [9.17, 15) is 5.11 Å². The Balaban J connectivity index is 1.44. The fraction of sp³-hybridized carbons (Fsp3) is 0.308. The van der Waals surface area contributed by atoms with E-state index in [4.69, 9.17) is 16.6 Å². The van der Waals surface area contributed by atoms with Gasteiger partial charge in [0.25, 0.3) is 0 Å². The molecule has 31 heavy (non-hydrogen) atoms. The summed E-state index contributed by atoms with van der Waals surface area (Å²) < 4.78 is 0. The predicted molar refractivity (Wildman–Crippen MR) is 124 cm³/mol. The molecule has 3 aromatic rings. The van der Waals surface area contributed by atoms with Gasteiger partial charge in [0.15, 0.2) is 0 Å². The smallest absolute Gasteiger partial charge is 0.111 e. The summed E-state index contributed by atoms with van der Waals surface area (Å²) in [7, 11) is 0. The van der Waals surface area contributed by atoms with Crippen molar-refractivity contribution in [2.45, 2.75) is 38.3 Å². The number of likely N-dealkylation sites (tertiary alicyclic amines) is 1. The van der Waals surface area contributed by atoms with Gasteiger partial charge in [-0.2, -0.15) is 0 Å². The second-order valence-electron chi connectivity index (χ2n) is 8.37. The molecule has 0 radical (unpaired) electrons. The molecule has 1 saturated heterocycles. The van der Waals surface area contributed by atoms with Gasteiger partial charge in [0, 0.05) is 48.7 Å². The van der Waals surface area contributed by atoms with Crippen molar-refractivity contribution in [3.63, 3.8) is 0 Å². The highest BCUT2D eigenvalue weighted by Crippen LogP contribution is 2.38. The molecule has 2 aliphatic rings. The van der Waals surface area contributed by atoms with Gasteiger partial charge in [-0.15, -0.1) is 0 Å². The van der Waals surface area contributed by atoms with Crippen LogP contribution in [0.15, 0.2) is 66.6 Å². The van der Waals surface area contributed by atoms with E-state index >= 15 is 0 Å². The van der Waals surface area contributed by atoms with E-state index < -0.39 is 6.23 Å². The number of aryl methyl sites for hydroxylation is 2. The Kier molecular flexibility index (Phi) is 5.86. The monoisotopic (exact) mass is 431 g/mol. The molecule has 0 amide bonds. The fourth-order valence-corrected chi connectivity index (χ4v) is 5.03. The Morgan fingerprint density at radius 1 is 0.935 bits per heavy atom. The molecule has 1 aromatic carbocycles. The highest BCUT2D eigenvalue weighted by atomic mass is 35.5. The number of piperidine rings is 1. The van der Waals surface area contributed by atoms with Gasteiger partial charge in [-0.05, 0) is 78.3 Å². The molecule has 1 unspecified atom stereocenters. The van der Waals surface area contributed by atoms with Crippen LogP contribution in [0.25, 0.3) is 5.57 Å². The maximum Gasteiger partial charge on any atom is 0.111 e. The van der Waals surface area contributed by atoms with Gasteiger partial charge in [0.05, 0.1) is 5.69 Å². The third-order valence-corrected chi connectivity index (χ3v) is 6.71. The van der Waals surface area contributed by atoms with Gasteiger partial charge in [0.1, 0.15) is 6.23 Å². The molecule has 5 rings (SSSR count). The third kappa shape index (κ3) is 4.29. The topological polar surface area (TPSA) is 49.3 Å². The average Bonchev–Trinajstić information content (AvgIpc) is 2.96. The van der Waals surface area contributed by atoms with Crippen LogP contribution in [0.2, 0.25) is 5.02 Å². The van der Waals surface area contributed by atoms with Gasteiger partial charge < -0.3 is 5.11 Å². The molecule has 3 heterocycles. The van der Waals surface area contributed by atoms with Crippen LogP contribution in [-0.2, 0) is 19.3 Å². The Bertz CT molecular complexity index is 1100.